The van der Waals surface area contributed by atoms with E-state index >= 15 is 0 Å². The number of epoxide rings is 1. The van der Waals surface area contributed by atoms with Gasteiger partial charge in [-0.3, -0.25) is 9.59 Å². The SMILES string of the molecule is CC(=Cc1csc(C)n1)C1OC(=O)CCC(C)(C)C(=O)C(C)CC(C)COCC2(C)OC2(O)C1O. The summed E-state index contributed by atoms with van der Waals surface area (Å²) in [4.78, 5) is 30.4. The Morgan fingerprint density at radius 2 is 1.94 bits per heavy atom. The Morgan fingerprint density at radius 3 is 2.57 bits per heavy atom. The Kier molecular flexibility index (Phi) is 8.28. The van der Waals surface area contributed by atoms with Gasteiger partial charge in [0, 0.05) is 29.7 Å². The summed E-state index contributed by atoms with van der Waals surface area (Å²) in [6.07, 6.45) is -0.0158. The highest BCUT2D eigenvalue weighted by molar-refractivity contribution is 7.09. The maximum atomic E-state index is 13.1. The number of rotatable bonds is 2. The van der Waals surface area contributed by atoms with Crippen LogP contribution in [0.2, 0.25) is 0 Å². The number of nitrogens with zero attached hydrogens (tertiary/aromatic N) is 1. The number of aliphatic hydroxyl groups excluding tert-OH is 1. The van der Waals surface area contributed by atoms with Crippen LogP contribution in [0.4, 0.5) is 0 Å². The average molecular weight is 510 g/mol. The molecular weight excluding hydrogens is 470 g/mol. The normalized spacial score (nSPS) is 37.5. The average Bonchev–Trinajstić information content (AvgIpc) is 3.09. The van der Waals surface area contributed by atoms with E-state index in [0.29, 0.717) is 30.7 Å². The molecule has 8 nitrogen and oxygen atoms in total. The summed E-state index contributed by atoms with van der Waals surface area (Å²) in [7, 11) is 0. The number of carbonyl (C=O) groups excluding carboxylic acids is 2. The first-order valence-corrected chi connectivity index (χ1v) is 13.1. The highest BCUT2D eigenvalue weighted by atomic mass is 32.1. The molecule has 0 saturated carbocycles. The van der Waals surface area contributed by atoms with E-state index in [1.165, 1.54) is 11.3 Å². The van der Waals surface area contributed by atoms with Crippen LogP contribution >= 0.6 is 11.3 Å². The van der Waals surface area contributed by atoms with E-state index in [1.54, 1.807) is 19.9 Å². The molecule has 3 heterocycles. The number of carbonyl (C=O) groups is 2. The molecule has 9 heteroatoms. The fourth-order valence-corrected chi connectivity index (χ4v) is 5.41. The van der Waals surface area contributed by atoms with Gasteiger partial charge in [-0.2, -0.15) is 0 Å². The van der Waals surface area contributed by atoms with Crippen LogP contribution in [0.25, 0.3) is 6.08 Å². The predicted octanol–water partition coefficient (Wildman–Crippen LogP) is 3.67. The number of thiazole rings is 1. The molecule has 196 valence electrons. The second-order valence-electron chi connectivity index (χ2n) is 11.1. The van der Waals surface area contributed by atoms with Crippen molar-refractivity contribution in [3.63, 3.8) is 0 Å². The highest BCUT2D eigenvalue weighted by Gasteiger charge is 2.72. The van der Waals surface area contributed by atoms with E-state index in [2.05, 4.69) is 4.98 Å². The monoisotopic (exact) mass is 509 g/mol. The van der Waals surface area contributed by atoms with Crippen LogP contribution in [0.3, 0.4) is 0 Å². The molecule has 3 rings (SSSR count). The largest absolute Gasteiger partial charge is 0.455 e. The lowest BCUT2D eigenvalue weighted by molar-refractivity contribution is -0.165. The molecule has 2 aliphatic heterocycles. The third-order valence-electron chi connectivity index (χ3n) is 7.11. The van der Waals surface area contributed by atoms with Gasteiger partial charge in [-0.05, 0) is 51.2 Å². The van der Waals surface area contributed by atoms with Crippen LogP contribution in [-0.2, 0) is 23.8 Å². The van der Waals surface area contributed by atoms with Gasteiger partial charge < -0.3 is 24.4 Å². The number of aromatic nitrogens is 1. The smallest absolute Gasteiger partial charge is 0.306 e. The maximum Gasteiger partial charge on any atom is 0.306 e. The molecule has 6 unspecified atom stereocenters. The molecule has 0 bridgehead atoms. The van der Waals surface area contributed by atoms with E-state index in [1.807, 2.05) is 40.0 Å². The molecule has 0 amide bonds. The summed E-state index contributed by atoms with van der Waals surface area (Å²) in [5, 5.41) is 25.1. The molecule has 1 aromatic rings. The van der Waals surface area contributed by atoms with Crippen molar-refractivity contribution in [3.05, 3.63) is 21.7 Å². The van der Waals surface area contributed by atoms with Crippen LogP contribution in [-0.4, -0.2) is 63.8 Å². The van der Waals surface area contributed by atoms with Crippen molar-refractivity contribution >= 4 is 29.2 Å². The summed E-state index contributed by atoms with van der Waals surface area (Å²) in [6.45, 7) is 13.3. The van der Waals surface area contributed by atoms with Crippen LogP contribution in [0, 0.1) is 24.2 Å². The minimum absolute atomic E-state index is 0.00693. The lowest BCUT2D eigenvalue weighted by Crippen LogP contribution is -2.48. The minimum Gasteiger partial charge on any atom is -0.455 e. The van der Waals surface area contributed by atoms with E-state index < -0.39 is 35.0 Å². The number of aryl methyl sites for hydroxylation is 1. The van der Waals surface area contributed by atoms with Gasteiger partial charge in [-0.1, -0.05) is 27.7 Å². The topological polar surface area (TPSA) is 118 Å². The van der Waals surface area contributed by atoms with Gasteiger partial charge in [0.05, 0.1) is 17.3 Å². The van der Waals surface area contributed by atoms with Gasteiger partial charge in [0.15, 0.2) is 12.2 Å². The Balaban J connectivity index is 1.90. The van der Waals surface area contributed by atoms with Gasteiger partial charge in [-0.15, -0.1) is 11.3 Å². The minimum atomic E-state index is -1.94. The van der Waals surface area contributed by atoms with E-state index in [-0.39, 0.29) is 30.6 Å². The number of Topliss-reactive ketones (excluding diaryl/α,β-unsaturated/α-hetero) is 1. The van der Waals surface area contributed by atoms with Crippen molar-refractivity contribution in [2.75, 3.05) is 13.2 Å². The lowest BCUT2D eigenvalue weighted by atomic mass is 9.76. The lowest BCUT2D eigenvalue weighted by Gasteiger charge is -2.30. The highest BCUT2D eigenvalue weighted by Crippen LogP contribution is 2.50. The van der Waals surface area contributed by atoms with Gasteiger partial charge in [0.2, 0.25) is 5.79 Å². The number of fused-ring (bicyclic) bond motifs is 1. The molecule has 0 spiro atoms. The Labute approximate surface area is 211 Å². The molecule has 2 saturated heterocycles. The second kappa shape index (κ2) is 10.4. The van der Waals surface area contributed by atoms with Gasteiger partial charge in [0.1, 0.15) is 11.4 Å². The zero-order valence-corrected chi connectivity index (χ0v) is 22.6. The molecule has 2 fully saturated rings. The summed E-state index contributed by atoms with van der Waals surface area (Å²) in [6, 6.07) is 0. The molecule has 35 heavy (non-hydrogen) atoms. The predicted molar refractivity (Wildman–Crippen MR) is 133 cm³/mol. The zero-order chi connectivity index (χ0) is 26.2. The summed E-state index contributed by atoms with van der Waals surface area (Å²) in [5.74, 6) is -2.47. The van der Waals surface area contributed by atoms with Crippen molar-refractivity contribution in [2.45, 2.75) is 91.3 Å². The first-order valence-electron chi connectivity index (χ1n) is 12.2. The molecule has 6 atom stereocenters. The Bertz CT molecular complexity index is 973. The summed E-state index contributed by atoms with van der Waals surface area (Å²) >= 11 is 1.48. The van der Waals surface area contributed by atoms with Crippen molar-refractivity contribution in [1.82, 2.24) is 4.98 Å². The molecule has 1 aromatic heterocycles. The third-order valence-corrected chi connectivity index (χ3v) is 7.90. The van der Waals surface area contributed by atoms with Crippen molar-refractivity contribution < 1.29 is 34.0 Å². The number of aliphatic hydroxyl groups is 2. The zero-order valence-electron chi connectivity index (χ0n) is 21.8. The molecule has 2 aliphatic rings. The van der Waals surface area contributed by atoms with E-state index in [0.717, 1.165) is 5.01 Å². The molecular formula is C26H39NO7S. The number of hydrogen-bond acceptors (Lipinski definition) is 9. The fraction of sp³-hybridized carbons (Fsp3) is 0.731. The second-order valence-corrected chi connectivity index (χ2v) is 12.1. The molecule has 0 aromatic carbocycles. The van der Waals surface area contributed by atoms with Crippen LogP contribution in [0.1, 0.15) is 71.5 Å². The van der Waals surface area contributed by atoms with E-state index in [9.17, 15) is 19.8 Å². The Hall–Kier alpha value is -1.65. The molecule has 0 radical (unpaired) electrons. The molecule has 2 N–H and O–H groups in total. The first kappa shape index (κ1) is 27.9. The van der Waals surface area contributed by atoms with Crippen molar-refractivity contribution in [1.29, 1.82) is 0 Å². The number of hydrogen-bond donors (Lipinski definition) is 2. The maximum absolute atomic E-state index is 13.1. The molecule has 0 aliphatic carbocycles. The number of ketones is 1. The third kappa shape index (κ3) is 6.20. The van der Waals surface area contributed by atoms with Crippen LogP contribution in [0.5, 0.6) is 0 Å². The Morgan fingerprint density at radius 1 is 1.26 bits per heavy atom. The number of esters is 1. The summed E-state index contributed by atoms with van der Waals surface area (Å²) < 4.78 is 17.1. The number of cyclic esters (lactones) is 1. The standard InChI is InChI=1S/C26H39NO7S/c1-15-10-17(3)22(29)24(5,6)9-8-20(28)33-21(16(2)11-19-13-35-18(4)27-19)23(30)26(31)25(7,34-26)14-32-12-15/h11,13,15,17,21,23,30-31H,8-10,12,14H2,1-7H3. The first-order chi connectivity index (χ1) is 16.2. The van der Waals surface area contributed by atoms with Gasteiger partial charge >= 0.3 is 5.97 Å². The van der Waals surface area contributed by atoms with Crippen LogP contribution in [0.15, 0.2) is 11.0 Å². The van der Waals surface area contributed by atoms with Crippen molar-refractivity contribution in [3.8, 4) is 0 Å². The summed E-state index contributed by atoms with van der Waals surface area (Å²) in [5.41, 5.74) is -0.676. The van der Waals surface area contributed by atoms with Gasteiger partial charge in [0.25, 0.3) is 0 Å². The van der Waals surface area contributed by atoms with E-state index in [4.69, 9.17) is 14.2 Å². The number of ether oxygens (including phenoxy) is 3. The van der Waals surface area contributed by atoms with Crippen molar-refractivity contribution in [2.24, 2.45) is 17.3 Å². The fourth-order valence-electron chi connectivity index (χ4n) is 4.84. The van der Waals surface area contributed by atoms with Crippen LogP contribution < -0.4 is 0 Å². The van der Waals surface area contributed by atoms with Gasteiger partial charge in [-0.25, -0.2) is 4.98 Å². The quantitative estimate of drug-likeness (QED) is 0.458.